The first-order valence-electron chi connectivity index (χ1n) is 10.1. The van der Waals surface area contributed by atoms with E-state index in [0.717, 1.165) is 56.0 Å². The molecule has 7 heteroatoms. The molecule has 5 aromatic heterocycles. The van der Waals surface area contributed by atoms with Gasteiger partial charge >= 0.3 is 0 Å². The molecule has 0 unspecified atom stereocenters. The molecule has 0 aliphatic heterocycles. The quantitative estimate of drug-likeness (QED) is 0.374. The Labute approximate surface area is 182 Å². The summed E-state index contributed by atoms with van der Waals surface area (Å²) in [6.45, 7) is 4.13. The van der Waals surface area contributed by atoms with Gasteiger partial charge in [0, 0.05) is 40.0 Å². The molecule has 6 aromatic rings. The number of aromatic nitrogens is 6. The van der Waals surface area contributed by atoms with Crippen LogP contribution in [0.2, 0.25) is 0 Å². The van der Waals surface area contributed by atoms with Crippen LogP contribution in [0.5, 0.6) is 0 Å². The number of pyridine rings is 1. The van der Waals surface area contributed by atoms with E-state index in [2.05, 4.69) is 73.0 Å². The van der Waals surface area contributed by atoms with Crippen LogP contribution in [0, 0.1) is 13.8 Å². The molecule has 0 bridgehead atoms. The number of hydrogen-bond acceptors (Lipinski definition) is 4. The SMILES string of the molecule is Cc1ccc(-c2nccc3[nH]c(-c4n[nH]c5ccc(-c6cnc(C)n6C)cc45)cc23)s1. The Balaban J connectivity index is 1.52. The molecule has 2 N–H and O–H groups in total. The zero-order valence-electron chi connectivity index (χ0n) is 17.4. The summed E-state index contributed by atoms with van der Waals surface area (Å²) in [6, 6.07) is 14.8. The highest BCUT2D eigenvalue weighted by Gasteiger charge is 2.16. The minimum Gasteiger partial charge on any atom is -0.353 e. The lowest BCUT2D eigenvalue weighted by Crippen LogP contribution is -1.94. The molecule has 1 aromatic carbocycles. The van der Waals surface area contributed by atoms with Crippen molar-refractivity contribution >= 4 is 33.1 Å². The molecule has 6 rings (SSSR count). The molecule has 0 radical (unpaired) electrons. The molecule has 0 aliphatic carbocycles. The highest BCUT2D eigenvalue weighted by Crippen LogP contribution is 2.36. The fourth-order valence-corrected chi connectivity index (χ4v) is 4.97. The molecule has 0 aliphatic rings. The first-order chi connectivity index (χ1) is 15.1. The Kier molecular flexibility index (Phi) is 3.88. The summed E-state index contributed by atoms with van der Waals surface area (Å²) in [5.74, 6) is 0.988. The molecule has 5 heterocycles. The predicted molar refractivity (Wildman–Crippen MR) is 126 cm³/mol. The van der Waals surface area contributed by atoms with Gasteiger partial charge in [-0.1, -0.05) is 6.07 Å². The van der Waals surface area contributed by atoms with E-state index in [1.54, 1.807) is 11.3 Å². The van der Waals surface area contributed by atoms with Gasteiger partial charge < -0.3 is 9.55 Å². The molecular weight excluding hydrogens is 404 g/mol. The third-order valence-electron chi connectivity index (χ3n) is 5.86. The summed E-state index contributed by atoms with van der Waals surface area (Å²) < 4.78 is 2.10. The average Bonchev–Trinajstić information content (AvgIpc) is 3.54. The molecule has 0 amide bonds. The average molecular weight is 425 g/mol. The van der Waals surface area contributed by atoms with Crippen LogP contribution in [-0.2, 0) is 7.05 Å². The van der Waals surface area contributed by atoms with Crippen molar-refractivity contribution in [1.29, 1.82) is 0 Å². The molecular formula is C24H20N6S. The largest absolute Gasteiger partial charge is 0.353 e. The van der Waals surface area contributed by atoms with Crippen molar-refractivity contribution in [2.75, 3.05) is 0 Å². The van der Waals surface area contributed by atoms with Gasteiger partial charge in [-0.15, -0.1) is 11.3 Å². The number of fused-ring (bicyclic) bond motifs is 2. The van der Waals surface area contributed by atoms with Gasteiger partial charge in [-0.05, 0) is 50.2 Å². The van der Waals surface area contributed by atoms with Crippen LogP contribution in [0.3, 0.4) is 0 Å². The third kappa shape index (κ3) is 2.81. The summed E-state index contributed by atoms with van der Waals surface area (Å²) in [7, 11) is 2.04. The van der Waals surface area contributed by atoms with Crippen LogP contribution in [0.1, 0.15) is 10.7 Å². The van der Waals surface area contributed by atoms with Crippen LogP contribution in [0.15, 0.2) is 54.9 Å². The van der Waals surface area contributed by atoms with E-state index in [1.807, 2.05) is 32.4 Å². The molecule has 0 atom stereocenters. The van der Waals surface area contributed by atoms with E-state index in [1.165, 1.54) is 9.75 Å². The van der Waals surface area contributed by atoms with Crippen LogP contribution in [0.4, 0.5) is 0 Å². The van der Waals surface area contributed by atoms with Crippen molar-refractivity contribution < 1.29 is 0 Å². The smallest absolute Gasteiger partial charge is 0.116 e. The first kappa shape index (κ1) is 18.1. The Morgan fingerprint density at radius 2 is 1.77 bits per heavy atom. The minimum atomic E-state index is 0.903. The normalized spacial score (nSPS) is 11.7. The highest BCUT2D eigenvalue weighted by atomic mass is 32.1. The van der Waals surface area contributed by atoms with E-state index < -0.39 is 0 Å². The van der Waals surface area contributed by atoms with Crippen LogP contribution in [-0.4, -0.2) is 29.7 Å². The number of rotatable bonds is 3. The lowest BCUT2D eigenvalue weighted by molar-refractivity contribution is 0.865. The molecule has 6 nitrogen and oxygen atoms in total. The molecule has 0 fully saturated rings. The zero-order valence-corrected chi connectivity index (χ0v) is 18.2. The van der Waals surface area contributed by atoms with E-state index in [4.69, 9.17) is 0 Å². The Morgan fingerprint density at radius 1 is 0.903 bits per heavy atom. The van der Waals surface area contributed by atoms with Crippen LogP contribution in [0.25, 0.3) is 55.0 Å². The predicted octanol–water partition coefficient (Wildman–Crippen LogP) is 5.85. The fraction of sp³-hybridized carbons (Fsp3) is 0.125. The monoisotopic (exact) mass is 424 g/mol. The van der Waals surface area contributed by atoms with Crippen molar-refractivity contribution in [3.8, 4) is 33.2 Å². The number of benzene rings is 1. The van der Waals surface area contributed by atoms with E-state index in [-0.39, 0.29) is 0 Å². The Bertz CT molecular complexity index is 1580. The third-order valence-corrected chi connectivity index (χ3v) is 6.86. The lowest BCUT2D eigenvalue weighted by Gasteiger charge is -2.04. The van der Waals surface area contributed by atoms with E-state index in [9.17, 15) is 0 Å². The van der Waals surface area contributed by atoms with Gasteiger partial charge in [0.15, 0.2) is 0 Å². The second-order valence-corrected chi connectivity index (χ2v) is 9.08. The fourth-order valence-electron chi connectivity index (χ4n) is 4.09. The van der Waals surface area contributed by atoms with Gasteiger partial charge in [0.2, 0.25) is 0 Å². The van der Waals surface area contributed by atoms with Crippen molar-refractivity contribution in [3.05, 3.63) is 65.6 Å². The summed E-state index contributed by atoms with van der Waals surface area (Å²) in [5, 5.41) is 9.99. The number of H-pyrrole nitrogens is 2. The topological polar surface area (TPSA) is 75.2 Å². The van der Waals surface area contributed by atoms with Gasteiger partial charge in [-0.2, -0.15) is 5.10 Å². The number of nitrogens with one attached hydrogen (secondary N) is 2. The summed E-state index contributed by atoms with van der Waals surface area (Å²) in [5.41, 5.74) is 7.14. The second kappa shape index (κ2) is 6.65. The van der Waals surface area contributed by atoms with Crippen LogP contribution >= 0.6 is 11.3 Å². The number of hydrogen-bond donors (Lipinski definition) is 2. The van der Waals surface area contributed by atoms with E-state index >= 15 is 0 Å². The van der Waals surface area contributed by atoms with Crippen molar-refractivity contribution in [2.24, 2.45) is 7.05 Å². The molecule has 152 valence electrons. The van der Waals surface area contributed by atoms with Crippen molar-refractivity contribution in [3.63, 3.8) is 0 Å². The van der Waals surface area contributed by atoms with Crippen molar-refractivity contribution in [2.45, 2.75) is 13.8 Å². The van der Waals surface area contributed by atoms with Gasteiger partial charge in [-0.25, -0.2) is 4.98 Å². The zero-order chi connectivity index (χ0) is 21.1. The Morgan fingerprint density at radius 3 is 2.55 bits per heavy atom. The number of aromatic amines is 2. The second-order valence-electron chi connectivity index (χ2n) is 7.80. The van der Waals surface area contributed by atoms with Gasteiger partial charge in [0.25, 0.3) is 0 Å². The number of aryl methyl sites for hydroxylation is 2. The summed E-state index contributed by atoms with van der Waals surface area (Å²) >= 11 is 1.76. The van der Waals surface area contributed by atoms with E-state index in [0.29, 0.717) is 0 Å². The van der Waals surface area contributed by atoms with Crippen molar-refractivity contribution in [1.82, 2.24) is 29.7 Å². The Hall–Kier alpha value is -3.71. The standard InChI is InChI=1S/C24H20N6S/c1-13-4-7-22(31-13)24-17-11-20(27-18(17)8-9-25-24)23-16-10-15(5-6-19(16)28-29-23)21-12-26-14(2)30(21)3/h4-12,27H,1-3H3,(H,28,29). The maximum Gasteiger partial charge on any atom is 0.116 e. The number of thiophene rings is 1. The molecule has 0 spiro atoms. The molecule has 0 saturated carbocycles. The van der Waals surface area contributed by atoms with Gasteiger partial charge in [0.05, 0.1) is 33.7 Å². The summed E-state index contributed by atoms with van der Waals surface area (Å²) in [4.78, 5) is 15.1. The maximum absolute atomic E-state index is 4.67. The maximum atomic E-state index is 4.67. The molecule has 0 saturated heterocycles. The van der Waals surface area contributed by atoms with Gasteiger partial charge in [-0.3, -0.25) is 10.1 Å². The number of imidazole rings is 1. The number of nitrogens with zero attached hydrogens (tertiary/aromatic N) is 4. The first-order valence-corrected chi connectivity index (χ1v) is 10.9. The minimum absolute atomic E-state index is 0.903. The molecule has 31 heavy (non-hydrogen) atoms. The highest BCUT2D eigenvalue weighted by molar-refractivity contribution is 7.15. The summed E-state index contributed by atoms with van der Waals surface area (Å²) in [6.07, 6.45) is 3.78. The van der Waals surface area contributed by atoms with Crippen LogP contribution < -0.4 is 0 Å². The van der Waals surface area contributed by atoms with Gasteiger partial charge in [0.1, 0.15) is 11.5 Å². The lowest BCUT2D eigenvalue weighted by atomic mass is 10.1.